The third kappa shape index (κ3) is 7.49. The molecule has 0 fully saturated rings. The van der Waals surface area contributed by atoms with Crippen molar-refractivity contribution < 1.29 is 9.59 Å². The molecule has 0 aliphatic heterocycles. The normalized spacial score (nSPS) is 11.9. The van der Waals surface area contributed by atoms with Gasteiger partial charge in [-0.1, -0.05) is 68.8 Å². The maximum atomic E-state index is 13.1. The predicted octanol–water partition coefficient (Wildman–Crippen LogP) is 5.02. The van der Waals surface area contributed by atoms with Crippen molar-refractivity contribution in [3.05, 3.63) is 70.2 Å². The number of nitrogens with one attached hydrogen (secondary N) is 1. The van der Waals surface area contributed by atoms with E-state index in [1.807, 2.05) is 26.0 Å². The summed E-state index contributed by atoms with van der Waals surface area (Å²) in [6.45, 7) is 8.98. The van der Waals surface area contributed by atoms with Gasteiger partial charge in [-0.2, -0.15) is 0 Å². The molecule has 4 nitrogen and oxygen atoms in total. The molecule has 0 saturated heterocycles. The van der Waals surface area contributed by atoms with Crippen molar-refractivity contribution in [3.63, 3.8) is 0 Å². The molecular formula is C25H33ClN2O2. The molecule has 2 rings (SSSR count). The lowest BCUT2D eigenvalue weighted by atomic mass is 10.0. The molecule has 0 saturated carbocycles. The molecule has 0 heterocycles. The summed E-state index contributed by atoms with van der Waals surface area (Å²) in [5.74, 6) is 0.197. The fourth-order valence-corrected chi connectivity index (χ4v) is 3.28. The number of aryl methyl sites for hydroxylation is 2. The standard InChI is InChI=1S/C25H33ClN2O2/c1-5-20-6-8-21(9-7-20)12-15-24(29)28(17-22-10-13-23(26)14-11-22)19(4)25(30)27-16-18(2)3/h6-11,13-14,18-19H,5,12,15-17H2,1-4H3,(H,27,30)/t19-/m0/s1. The SMILES string of the molecule is CCc1ccc(CCC(=O)N(Cc2ccc(Cl)cc2)[C@@H](C)C(=O)NCC(C)C)cc1. The number of carbonyl (C=O) groups excluding carboxylic acids is 2. The molecule has 0 radical (unpaired) electrons. The number of hydrogen-bond acceptors (Lipinski definition) is 2. The van der Waals surface area contributed by atoms with Crippen LogP contribution in [0.3, 0.4) is 0 Å². The lowest BCUT2D eigenvalue weighted by Gasteiger charge is -2.29. The Kier molecular flexibility index (Phi) is 9.38. The monoisotopic (exact) mass is 428 g/mol. The van der Waals surface area contributed by atoms with Crippen LogP contribution >= 0.6 is 11.6 Å². The minimum Gasteiger partial charge on any atom is -0.354 e. The van der Waals surface area contributed by atoms with Crippen molar-refractivity contribution in [3.8, 4) is 0 Å². The molecule has 0 aromatic heterocycles. The fraction of sp³-hybridized carbons (Fsp3) is 0.440. The van der Waals surface area contributed by atoms with E-state index in [2.05, 4.69) is 36.5 Å². The van der Waals surface area contributed by atoms with Crippen LogP contribution in [0.4, 0.5) is 0 Å². The number of nitrogens with zero attached hydrogens (tertiary/aromatic N) is 1. The topological polar surface area (TPSA) is 49.4 Å². The van der Waals surface area contributed by atoms with Gasteiger partial charge in [-0.3, -0.25) is 9.59 Å². The first-order chi connectivity index (χ1) is 14.3. The van der Waals surface area contributed by atoms with Gasteiger partial charge in [0.2, 0.25) is 11.8 Å². The lowest BCUT2D eigenvalue weighted by Crippen LogP contribution is -2.48. The van der Waals surface area contributed by atoms with Gasteiger partial charge in [-0.15, -0.1) is 0 Å². The molecule has 0 aliphatic rings. The molecule has 0 spiro atoms. The predicted molar refractivity (Wildman–Crippen MR) is 123 cm³/mol. The largest absolute Gasteiger partial charge is 0.354 e. The van der Waals surface area contributed by atoms with E-state index in [1.54, 1.807) is 24.0 Å². The highest BCUT2D eigenvalue weighted by Crippen LogP contribution is 2.16. The van der Waals surface area contributed by atoms with Gasteiger partial charge in [-0.25, -0.2) is 0 Å². The van der Waals surface area contributed by atoms with Gasteiger partial charge in [0, 0.05) is 24.5 Å². The van der Waals surface area contributed by atoms with Gasteiger partial charge < -0.3 is 10.2 Å². The van der Waals surface area contributed by atoms with Crippen LogP contribution in [0.1, 0.15) is 50.8 Å². The first-order valence-electron chi connectivity index (χ1n) is 10.7. The van der Waals surface area contributed by atoms with Gasteiger partial charge >= 0.3 is 0 Å². The van der Waals surface area contributed by atoms with Crippen LogP contribution in [-0.2, 0) is 29.0 Å². The van der Waals surface area contributed by atoms with E-state index < -0.39 is 6.04 Å². The third-order valence-corrected chi connectivity index (χ3v) is 5.43. The summed E-state index contributed by atoms with van der Waals surface area (Å²) in [5, 5.41) is 3.59. The highest BCUT2D eigenvalue weighted by Gasteiger charge is 2.26. The molecule has 162 valence electrons. The maximum absolute atomic E-state index is 13.1. The van der Waals surface area contributed by atoms with E-state index in [4.69, 9.17) is 11.6 Å². The summed E-state index contributed by atoms with van der Waals surface area (Å²) in [4.78, 5) is 27.4. The summed E-state index contributed by atoms with van der Waals surface area (Å²) in [7, 11) is 0. The zero-order valence-electron chi connectivity index (χ0n) is 18.5. The van der Waals surface area contributed by atoms with E-state index in [0.29, 0.717) is 36.9 Å². The first kappa shape index (κ1) is 23.9. The van der Waals surface area contributed by atoms with E-state index in [1.165, 1.54) is 5.56 Å². The van der Waals surface area contributed by atoms with Crippen LogP contribution in [0.15, 0.2) is 48.5 Å². The van der Waals surface area contributed by atoms with Crippen LogP contribution in [0.25, 0.3) is 0 Å². The first-order valence-corrected chi connectivity index (χ1v) is 11.1. The maximum Gasteiger partial charge on any atom is 0.242 e. The molecule has 0 unspecified atom stereocenters. The summed E-state index contributed by atoms with van der Waals surface area (Å²) < 4.78 is 0. The summed E-state index contributed by atoms with van der Waals surface area (Å²) in [6.07, 6.45) is 2.01. The van der Waals surface area contributed by atoms with E-state index in [9.17, 15) is 9.59 Å². The summed E-state index contributed by atoms with van der Waals surface area (Å²) in [5.41, 5.74) is 3.36. The Morgan fingerprint density at radius 3 is 2.07 bits per heavy atom. The molecule has 2 aromatic rings. The Labute approximate surface area is 185 Å². The fourth-order valence-electron chi connectivity index (χ4n) is 3.16. The minimum atomic E-state index is -0.547. The number of amides is 2. The average Bonchev–Trinajstić information content (AvgIpc) is 2.75. The molecule has 1 N–H and O–H groups in total. The summed E-state index contributed by atoms with van der Waals surface area (Å²) >= 11 is 5.99. The van der Waals surface area contributed by atoms with Crippen molar-refractivity contribution in [2.24, 2.45) is 5.92 Å². The Morgan fingerprint density at radius 1 is 0.933 bits per heavy atom. The third-order valence-electron chi connectivity index (χ3n) is 5.18. The Balaban J connectivity index is 2.10. The van der Waals surface area contributed by atoms with Crippen LogP contribution in [0, 0.1) is 5.92 Å². The van der Waals surface area contributed by atoms with Crippen molar-refractivity contribution in [1.29, 1.82) is 0 Å². The lowest BCUT2D eigenvalue weighted by molar-refractivity contribution is -0.140. The molecule has 0 aliphatic carbocycles. The van der Waals surface area contributed by atoms with Gasteiger partial charge in [0.15, 0.2) is 0 Å². The Hall–Kier alpha value is -2.33. The molecule has 1 atom stereocenters. The van der Waals surface area contributed by atoms with Crippen LogP contribution in [0.2, 0.25) is 5.02 Å². The molecule has 5 heteroatoms. The van der Waals surface area contributed by atoms with Crippen LogP contribution in [-0.4, -0.2) is 29.3 Å². The van der Waals surface area contributed by atoms with Crippen LogP contribution in [0.5, 0.6) is 0 Å². The quantitative estimate of drug-likeness (QED) is 0.577. The number of benzene rings is 2. The minimum absolute atomic E-state index is 0.0308. The Morgan fingerprint density at radius 2 is 1.50 bits per heavy atom. The van der Waals surface area contributed by atoms with Gasteiger partial charge in [0.1, 0.15) is 6.04 Å². The highest BCUT2D eigenvalue weighted by atomic mass is 35.5. The molecular weight excluding hydrogens is 396 g/mol. The van der Waals surface area contributed by atoms with Crippen LogP contribution < -0.4 is 5.32 Å². The molecule has 2 aromatic carbocycles. The van der Waals surface area contributed by atoms with Crippen molar-refractivity contribution in [2.45, 2.75) is 59.5 Å². The Bertz CT molecular complexity index is 816. The summed E-state index contributed by atoms with van der Waals surface area (Å²) in [6, 6.07) is 15.2. The second-order valence-electron chi connectivity index (χ2n) is 8.13. The smallest absolute Gasteiger partial charge is 0.242 e. The molecule has 2 amide bonds. The van der Waals surface area contributed by atoms with E-state index in [0.717, 1.165) is 17.5 Å². The number of rotatable bonds is 10. The van der Waals surface area contributed by atoms with Crippen molar-refractivity contribution in [1.82, 2.24) is 10.2 Å². The van der Waals surface area contributed by atoms with Crippen molar-refractivity contribution in [2.75, 3.05) is 6.54 Å². The van der Waals surface area contributed by atoms with Gasteiger partial charge in [-0.05, 0) is 54.5 Å². The zero-order chi connectivity index (χ0) is 22.1. The van der Waals surface area contributed by atoms with Gasteiger partial charge in [0.25, 0.3) is 0 Å². The average molecular weight is 429 g/mol. The zero-order valence-corrected chi connectivity index (χ0v) is 19.2. The molecule has 0 bridgehead atoms. The second kappa shape index (κ2) is 11.8. The number of halogens is 1. The van der Waals surface area contributed by atoms with Gasteiger partial charge in [0.05, 0.1) is 0 Å². The van der Waals surface area contributed by atoms with E-state index in [-0.39, 0.29) is 11.8 Å². The van der Waals surface area contributed by atoms with E-state index >= 15 is 0 Å². The number of carbonyl (C=O) groups is 2. The number of hydrogen-bond donors (Lipinski definition) is 1. The van der Waals surface area contributed by atoms with Crippen molar-refractivity contribution >= 4 is 23.4 Å². The molecule has 30 heavy (non-hydrogen) atoms. The highest BCUT2D eigenvalue weighted by molar-refractivity contribution is 6.30. The second-order valence-corrected chi connectivity index (χ2v) is 8.57.